The molecule has 29 heavy (non-hydrogen) atoms. The molecule has 1 atom stereocenters. The van der Waals surface area contributed by atoms with E-state index in [1.807, 2.05) is 0 Å². The Morgan fingerprint density at radius 1 is 1.24 bits per heavy atom. The van der Waals surface area contributed by atoms with Crippen LogP contribution in [0.5, 0.6) is 11.5 Å². The van der Waals surface area contributed by atoms with Crippen molar-refractivity contribution in [1.82, 2.24) is 4.90 Å². The third kappa shape index (κ3) is 6.11. The normalized spacial score (nSPS) is 12.0. The van der Waals surface area contributed by atoms with Crippen molar-refractivity contribution < 1.29 is 28.0 Å². The Bertz CT molecular complexity index is 861. The molecule has 0 spiro atoms. The van der Waals surface area contributed by atoms with E-state index in [9.17, 15) is 23.7 Å². The highest BCUT2D eigenvalue weighted by atomic mass is 19.3. The number of halogens is 2. The average molecular weight is 409 g/mol. The number of methoxy groups -OCH3 is 1. The van der Waals surface area contributed by atoms with Gasteiger partial charge in [-0.15, -0.1) is 0 Å². The Hall–Kier alpha value is -3.27. The third-order valence-corrected chi connectivity index (χ3v) is 4.27. The van der Waals surface area contributed by atoms with E-state index < -0.39 is 17.6 Å². The first-order valence-electron chi connectivity index (χ1n) is 8.58. The predicted molar refractivity (Wildman–Crippen MR) is 102 cm³/mol. The first kappa shape index (κ1) is 22.0. The smallest absolute Gasteiger partial charge is 0.387 e. The Kier molecular flexibility index (Phi) is 7.43. The number of carbonyl (C=O) groups is 1. The van der Waals surface area contributed by atoms with Crippen molar-refractivity contribution in [2.75, 3.05) is 19.5 Å². The molecule has 0 heterocycles. The molecule has 0 aliphatic rings. The highest BCUT2D eigenvalue weighted by Crippen LogP contribution is 2.29. The maximum absolute atomic E-state index is 12.6. The van der Waals surface area contributed by atoms with Crippen LogP contribution in [0.4, 0.5) is 20.2 Å². The molecule has 2 aromatic carbocycles. The summed E-state index contributed by atoms with van der Waals surface area (Å²) < 4.78 is 33.8. The maximum atomic E-state index is 12.6. The molecular formula is C19H21F2N3O5. The number of nitrogens with zero attached hydrogens (tertiary/aromatic N) is 2. The van der Waals surface area contributed by atoms with Crippen LogP contribution in [-0.4, -0.2) is 42.5 Å². The number of nitrogens with one attached hydrogen (secondary N) is 1. The molecule has 0 radical (unpaired) electrons. The lowest BCUT2D eigenvalue weighted by Gasteiger charge is -2.24. The number of non-ortho nitro benzene ring substituents is 1. The Balaban J connectivity index is 2.01. The number of nitro groups is 1. The van der Waals surface area contributed by atoms with Crippen molar-refractivity contribution in [3.63, 3.8) is 0 Å². The number of nitro benzene ring substituents is 1. The van der Waals surface area contributed by atoms with Gasteiger partial charge in [0, 0.05) is 12.6 Å². The van der Waals surface area contributed by atoms with Crippen molar-refractivity contribution >= 4 is 17.3 Å². The fourth-order valence-corrected chi connectivity index (χ4v) is 2.54. The molecule has 10 heteroatoms. The van der Waals surface area contributed by atoms with Crippen LogP contribution in [0.25, 0.3) is 0 Å². The summed E-state index contributed by atoms with van der Waals surface area (Å²) in [4.78, 5) is 24.6. The number of hydrogen-bond donors (Lipinski definition) is 1. The van der Waals surface area contributed by atoms with E-state index in [1.54, 1.807) is 31.0 Å². The summed E-state index contributed by atoms with van der Waals surface area (Å²) in [6.07, 6.45) is 0. The summed E-state index contributed by atoms with van der Waals surface area (Å²) >= 11 is 0. The molecule has 0 unspecified atom stereocenters. The number of hydrogen-bond acceptors (Lipinski definition) is 6. The van der Waals surface area contributed by atoms with Gasteiger partial charge in [-0.2, -0.15) is 8.78 Å². The number of benzene rings is 2. The summed E-state index contributed by atoms with van der Waals surface area (Å²) in [5.74, 6) is -0.100. The minimum Gasteiger partial charge on any atom is -0.494 e. The quantitative estimate of drug-likeness (QED) is 0.502. The van der Waals surface area contributed by atoms with Gasteiger partial charge in [-0.1, -0.05) is 12.1 Å². The topological polar surface area (TPSA) is 93.9 Å². The Morgan fingerprint density at radius 3 is 2.45 bits per heavy atom. The average Bonchev–Trinajstić information content (AvgIpc) is 2.68. The van der Waals surface area contributed by atoms with E-state index in [0.717, 1.165) is 5.56 Å². The van der Waals surface area contributed by atoms with Crippen molar-refractivity contribution in [3.05, 3.63) is 58.1 Å². The lowest BCUT2D eigenvalue weighted by atomic mass is 10.1. The van der Waals surface area contributed by atoms with E-state index in [0.29, 0.717) is 12.2 Å². The van der Waals surface area contributed by atoms with E-state index in [-0.39, 0.29) is 23.1 Å². The van der Waals surface area contributed by atoms with Crippen molar-refractivity contribution in [1.29, 1.82) is 0 Å². The number of likely N-dealkylation sites (N-methyl/N-ethyl adjacent to an activating group) is 1. The van der Waals surface area contributed by atoms with Crippen LogP contribution in [-0.2, 0) is 11.3 Å². The first-order valence-corrected chi connectivity index (χ1v) is 8.58. The Morgan fingerprint density at radius 2 is 1.90 bits per heavy atom. The highest BCUT2D eigenvalue weighted by molar-refractivity contribution is 5.96. The minimum atomic E-state index is -2.89. The molecule has 1 N–H and O–H groups in total. The van der Waals surface area contributed by atoms with Gasteiger partial charge in [0.1, 0.15) is 11.5 Å². The van der Waals surface area contributed by atoms with Gasteiger partial charge in [0.25, 0.3) is 5.69 Å². The van der Waals surface area contributed by atoms with Crippen LogP contribution >= 0.6 is 0 Å². The van der Waals surface area contributed by atoms with Gasteiger partial charge in [0.05, 0.1) is 29.8 Å². The van der Waals surface area contributed by atoms with E-state index in [1.165, 1.54) is 37.4 Å². The third-order valence-electron chi connectivity index (χ3n) is 4.27. The van der Waals surface area contributed by atoms with Gasteiger partial charge in [0.2, 0.25) is 5.91 Å². The molecule has 156 valence electrons. The van der Waals surface area contributed by atoms with E-state index in [4.69, 9.17) is 4.74 Å². The standard InChI is InChI=1S/C19H21F2N3O5/c1-12(23(2)11-13-4-7-15(8-5-13)29-19(20)21)18(25)22-16-9-6-14(24(26)27)10-17(16)28-3/h4-10,12,19H,11H2,1-3H3,(H,22,25)/t12-/m1/s1. The molecule has 0 saturated heterocycles. The monoisotopic (exact) mass is 409 g/mol. The minimum absolute atomic E-state index is 0.0578. The highest BCUT2D eigenvalue weighted by Gasteiger charge is 2.21. The van der Waals surface area contributed by atoms with Crippen molar-refractivity contribution in [2.45, 2.75) is 26.1 Å². The van der Waals surface area contributed by atoms with Gasteiger partial charge in [-0.25, -0.2) is 0 Å². The lowest BCUT2D eigenvalue weighted by molar-refractivity contribution is -0.384. The molecule has 8 nitrogen and oxygen atoms in total. The largest absolute Gasteiger partial charge is 0.494 e. The van der Waals surface area contributed by atoms with Crippen LogP contribution in [0.1, 0.15) is 12.5 Å². The fourth-order valence-electron chi connectivity index (χ4n) is 2.54. The zero-order valence-electron chi connectivity index (χ0n) is 16.1. The van der Waals surface area contributed by atoms with Crippen LogP contribution in [0.3, 0.4) is 0 Å². The molecule has 0 aliphatic heterocycles. The molecule has 0 aliphatic carbocycles. The molecule has 2 rings (SSSR count). The summed E-state index contributed by atoms with van der Waals surface area (Å²) in [5, 5.41) is 13.6. The molecule has 1 amide bonds. The zero-order valence-corrected chi connectivity index (χ0v) is 16.1. The van der Waals surface area contributed by atoms with Gasteiger partial charge >= 0.3 is 6.61 Å². The molecule has 0 fully saturated rings. The summed E-state index contributed by atoms with van der Waals surface area (Å²) in [7, 11) is 3.09. The zero-order chi connectivity index (χ0) is 21.6. The van der Waals surface area contributed by atoms with Gasteiger partial charge in [-0.05, 0) is 37.7 Å². The fraction of sp³-hybridized carbons (Fsp3) is 0.316. The number of amides is 1. The van der Waals surface area contributed by atoms with Gasteiger partial charge in [0.15, 0.2) is 0 Å². The second-order valence-corrected chi connectivity index (χ2v) is 6.24. The van der Waals surface area contributed by atoms with Crippen molar-refractivity contribution in [2.24, 2.45) is 0 Å². The second kappa shape index (κ2) is 9.78. The number of ether oxygens (including phenoxy) is 2. The molecule has 0 saturated carbocycles. The van der Waals surface area contributed by atoms with Crippen LogP contribution in [0.15, 0.2) is 42.5 Å². The molecule has 0 aromatic heterocycles. The van der Waals surface area contributed by atoms with Gasteiger partial charge in [-0.3, -0.25) is 19.8 Å². The number of rotatable bonds is 9. The lowest BCUT2D eigenvalue weighted by Crippen LogP contribution is -2.39. The van der Waals surface area contributed by atoms with Crippen LogP contribution in [0, 0.1) is 10.1 Å². The first-order chi connectivity index (χ1) is 13.7. The number of anilines is 1. The summed E-state index contributed by atoms with van der Waals surface area (Å²) in [5.41, 5.74) is 0.975. The molecule has 2 aromatic rings. The second-order valence-electron chi connectivity index (χ2n) is 6.24. The Labute approximate surface area is 166 Å². The maximum Gasteiger partial charge on any atom is 0.387 e. The summed E-state index contributed by atoms with van der Waals surface area (Å²) in [6.45, 7) is -0.800. The van der Waals surface area contributed by atoms with E-state index in [2.05, 4.69) is 10.1 Å². The van der Waals surface area contributed by atoms with Crippen LogP contribution in [0.2, 0.25) is 0 Å². The summed E-state index contributed by atoms with van der Waals surface area (Å²) in [6, 6.07) is 9.50. The van der Waals surface area contributed by atoms with Crippen molar-refractivity contribution in [3.8, 4) is 11.5 Å². The molecule has 0 bridgehead atoms. The SMILES string of the molecule is COc1cc([N+](=O)[O-])ccc1NC(=O)[C@@H](C)N(C)Cc1ccc(OC(F)F)cc1. The number of alkyl halides is 2. The van der Waals surface area contributed by atoms with Gasteiger partial charge < -0.3 is 14.8 Å². The number of carbonyl (C=O) groups excluding carboxylic acids is 1. The van der Waals surface area contributed by atoms with E-state index >= 15 is 0 Å². The molecular weight excluding hydrogens is 388 g/mol. The predicted octanol–water partition coefficient (Wildman–Crippen LogP) is 3.66. The van der Waals surface area contributed by atoms with Crippen LogP contribution < -0.4 is 14.8 Å².